The number of anilines is 1. The van der Waals surface area contributed by atoms with Gasteiger partial charge in [0.25, 0.3) is 0 Å². The minimum absolute atomic E-state index is 0.294. The van der Waals surface area contributed by atoms with Gasteiger partial charge in [-0.15, -0.1) is 0 Å². The fourth-order valence-corrected chi connectivity index (χ4v) is 1.69. The first-order chi connectivity index (χ1) is 7.72. The summed E-state index contributed by atoms with van der Waals surface area (Å²) in [5, 5.41) is 1.82. The summed E-state index contributed by atoms with van der Waals surface area (Å²) < 4.78 is 5.00. The number of carbonyl (C=O) groups excluding carboxylic acids is 1. The van der Waals surface area contributed by atoms with Crippen molar-refractivity contribution in [2.24, 2.45) is 0 Å². The van der Waals surface area contributed by atoms with Gasteiger partial charge < -0.3 is 10.5 Å². The van der Waals surface area contributed by atoms with Crippen LogP contribution in [-0.2, 0) is 4.74 Å². The van der Waals surface area contributed by atoms with Gasteiger partial charge in [0.15, 0.2) is 0 Å². The predicted molar refractivity (Wildman–Crippen MR) is 64.3 cm³/mol. The minimum atomic E-state index is -0.294. The van der Waals surface area contributed by atoms with Crippen LogP contribution in [0, 0.1) is 0 Å². The largest absolute Gasteiger partial charge is 0.462 e. The second kappa shape index (κ2) is 4.23. The highest BCUT2D eigenvalue weighted by Crippen LogP contribution is 2.21. The lowest BCUT2D eigenvalue weighted by Gasteiger charge is -2.06. The molecule has 0 fully saturated rings. The van der Waals surface area contributed by atoms with Crippen molar-refractivity contribution in [2.75, 3.05) is 12.3 Å². The highest BCUT2D eigenvalue weighted by Gasteiger charge is 2.10. The summed E-state index contributed by atoms with van der Waals surface area (Å²) in [6.45, 7) is 2.17. The van der Waals surface area contributed by atoms with Gasteiger partial charge in [0.1, 0.15) is 0 Å². The van der Waals surface area contributed by atoms with Crippen LogP contribution in [0.25, 0.3) is 10.8 Å². The Morgan fingerprint density at radius 3 is 2.88 bits per heavy atom. The maximum absolute atomic E-state index is 11.7. The van der Waals surface area contributed by atoms with Gasteiger partial charge in [-0.25, -0.2) is 4.79 Å². The van der Waals surface area contributed by atoms with Gasteiger partial charge in [-0.2, -0.15) is 0 Å². The van der Waals surface area contributed by atoms with Gasteiger partial charge in [-0.1, -0.05) is 18.2 Å². The standard InChI is InChI=1S/C13H13NO2/c1-2-16-13(15)12-5-3-4-9-8-10(14)6-7-11(9)12/h3-8H,2,14H2,1H3. The number of esters is 1. The highest BCUT2D eigenvalue weighted by atomic mass is 16.5. The lowest BCUT2D eigenvalue weighted by molar-refractivity contribution is 0.0528. The third-order valence-corrected chi connectivity index (χ3v) is 2.40. The van der Waals surface area contributed by atoms with E-state index in [0.29, 0.717) is 17.9 Å². The Morgan fingerprint density at radius 1 is 1.31 bits per heavy atom. The van der Waals surface area contributed by atoms with Crippen molar-refractivity contribution in [3.05, 3.63) is 42.0 Å². The Kier molecular flexibility index (Phi) is 2.77. The van der Waals surface area contributed by atoms with Crippen LogP contribution in [0.4, 0.5) is 5.69 Å². The van der Waals surface area contributed by atoms with E-state index in [-0.39, 0.29) is 5.97 Å². The molecule has 0 aliphatic rings. The Bertz CT molecular complexity index is 534. The molecule has 0 aliphatic carbocycles. The number of nitrogen functional groups attached to an aromatic ring is 1. The number of nitrogens with two attached hydrogens (primary N) is 1. The number of benzene rings is 2. The van der Waals surface area contributed by atoms with Crippen LogP contribution in [-0.4, -0.2) is 12.6 Å². The van der Waals surface area contributed by atoms with Crippen molar-refractivity contribution in [2.45, 2.75) is 6.92 Å². The molecule has 0 heterocycles. The first-order valence-corrected chi connectivity index (χ1v) is 5.17. The lowest BCUT2D eigenvalue weighted by Crippen LogP contribution is -2.05. The summed E-state index contributed by atoms with van der Waals surface area (Å²) in [5.74, 6) is -0.294. The smallest absolute Gasteiger partial charge is 0.338 e. The predicted octanol–water partition coefficient (Wildman–Crippen LogP) is 2.60. The fourth-order valence-electron chi connectivity index (χ4n) is 1.69. The molecule has 16 heavy (non-hydrogen) atoms. The zero-order valence-electron chi connectivity index (χ0n) is 9.07. The maximum Gasteiger partial charge on any atom is 0.338 e. The van der Waals surface area contributed by atoms with E-state index < -0.39 is 0 Å². The van der Waals surface area contributed by atoms with Crippen molar-refractivity contribution < 1.29 is 9.53 Å². The van der Waals surface area contributed by atoms with Crippen molar-refractivity contribution >= 4 is 22.4 Å². The Morgan fingerprint density at radius 2 is 2.12 bits per heavy atom. The average Bonchev–Trinajstić information content (AvgIpc) is 2.28. The fraction of sp³-hybridized carbons (Fsp3) is 0.154. The summed E-state index contributed by atoms with van der Waals surface area (Å²) in [6.07, 6.45) is 0. The van der Waals surface area contributed by atoms with Crippen LogP contribution in [0.1, 0.15) is 17.3 Å². The van der Waals surface area contributed by atoms with E-state index in [9.17, 15) is 4.79 Å². The van der Waals surface area contributed by atoms with Crippen LogP contribution in [0.15, 0.2) is 36.4 Å². The van der Waals surface area contributed by atoms with Gasteiger partial charge in [-0.3, -0.25) is 0 Å². The number of ether oxygens (including phenoxy) is 1. The first-order valence-electron chi connectivity index (χ1n) is 5.17. The number of carbonyl (C=O) groups is 1. The first kappa shape index (κ1) is 10.5. The van der Waals surface area contributed by atoms with Gasteiger partial charge in [-0.05, 0) is 35.9 Å². The summed E-state index contributed by atoms with van der Waals surface area (Å²) in [7, 11) is 0. The summed E-state index contributed by atoms with van der Waals surface area (Å²) in [6, 6.07) is 11.0. The monoisotopic (exact) mass is 215 g/mol. The molecular formula is C13H13NO2. The van der Waals surface area contributed by atoms with Crippen LogP contribution in [0.2, 0.25) is 0 Å². The van der Waals surface area contributed by atoms with E-state index in [4.69, 9.17) is 10.5 Å². The molecule has 0 saturated heterocycles. The average molecular weight is 215 g/mol. The van der Waals surface area contributed by atoms with Crippen molar-refractivity contribution in [1.82, 2.24) is 0 Å². The summed E-state index contributed by atoms with van der Waals surface area (Å²) >= 11 is 0. The molecule has 0 aromatic heterocycles. The van der Waals surface area contributed by atoms with Crippen LogP contribution in [0.3, 0.4) is 0 Å². The van der Waals surface area contributed by atoms with Crippen molar-refractivity contribution in [3.8, 4) is 0 Å². The molecule has 3 heteroatoms. The van der Waals surface area contributed by atoms with Gasteiger partial charge in [0.2, 0.25) is 0 Å². The maximum atomic E-state index is 11.7. The van der Waals surface area contributed by atoms with E-state index in [1.54, 1.807) is 19.1 Å². The van der Waals surface area contributed by atoms with Crippen LogP contribution < -0.4 is 5.73 Å². The molecule has 0 unspecified atom stereocenters. The molecule has 2 N–H and O–H groups in total. The number of fused-ring (bicyclic) bond motifs is 1. The third kappa shape index (κ3) is 1.84. The SMILES string of the molecule is CCOC(=O)c1cccc2cc(N)ccc12. The minimum Gasteiger partial charge on any atom is -0.462 e. The topological polar surface area (TPSA) is 52.3 Å². The van der Waals surface area contributed by atoms with E-state index in [2.05, 4.69) is 0 Å². The lowest BCUT2D eigenvalue weighted by atomic mass is 10.0. The molecule has 0 amide bonds. The van der Waals surface area contributed by atoms with Crippen LogP contribution in [0.5, 0.6) is 0 Å². The highest BCUT2D eigenvalue weighted by molar-refractivity contribution is 6.05. The summed E-state index contributed by atoms with van der Waals surface area (Å²) in [5.41, 5.74) is 6.96. The van der Waals surface area contributed by atoms with Crippen molar-refractivity contribution in [3.63, 3.8) is 0 Å². The molecule has 3 nitrogen and oxygen atoms in total. The molecule has 0 atom stereocenters. The molecule has 0 spiro atoms. The molecular weight excluding hydrogens is 202 g/mol. The Labute approximate surface area is 93.8 Å². The zero-order chi connectivity index (χ0) is 11.5. The van der Waals surface area contributed by atoms with Gasteiger partial charge >= 0.3 is 5.97 Å². The number of rotatable bonds is 2. The molecule has 2 aromatic rings. The van der Waals surface area contributed by atoms with E-state index in [1.807, 2.05) is 24.3 Å². The molecule has 2 aromatic carbocycles. The second-order valence-electron chi connectivity index (χ2n) is 3.51. The zero-order valence-corrected chi connectivity index (χ0v) is 9.07. The Balaban J connectivity index is 2.58. The number of hydrogen-bond acceptors (Lipinski definition) is 3. The quantitative estimate of drug-likeness (QED) is 0.618. The third-order valence-electron chi connectivity index (χ3n) is 2.40. The van der Waals surface area contributed by atoms with Crippen molar-refractivity contribution in [1.29, 1.82) is 0 Å². The summed E-state index contributed by atoms with van der Waals surface area (Å²) in [4.78, 5) is 11.7. The molecule has 0 radical (unpaired) electrons. The molecule has 0 bridgehead atoms. The Hall–Kier alpha value is -2.03. The molecule has 2 rings (SSSR count). The van der Waals surface area contributed by atoms with Gasteiger partial charge in [0, 0.05) is 5.69 Å². The van der Waals surface area contributed by atoms with E-state index in [0.717, 1.165) is 10.8 Å². The van der Waals surface area contributed by atoms with E-state index in [1.165, 1.54) is 0 Å². The van der Waals surface area contributed by atoms with Crippen LogP contribution >= 0.6 is 0 Å². The van der Waals surface area contributed by atoms with Gasteiger partial charge in [0.05, 0.1) is 12.2 Å². The van der Waals surface area contributed by atoms with E-state index >= 15 is 0 Å². The molecule has 0 aliphatic heterocycles. The molecule has 82 valence electrons. The normalized spacial score (nSPS) is 10.3. The second-order valence-corrected chi connectivity index (χ2v) is 3.51. The molecule has 0 saturated carbocycles. The number of hydrogen-bond donors (Lipinski definition) is 1.